The highest BCUT2D eigenvalue weighted by Gasteiger charge is 2.60. The average molecular weight is 551 g/mol. The van der Waals surface area contributed by atoms with Gasteiger partial charge in [-0.1, -0.05) is 63.2 Å². The Kier molecular flexibility index (Phi) is 9.00. The van der Waals surface area contributed by atoms with Gasteiger partial charge in [0.25, 0.3) is 0 Å². The summed E-state index contributed by atoms with van der Waals surface area (Å²) in [5, 5.41) is 4.99. The van der Waals surface area contributed by atoms with Crippen LogP contribution in [0.5, 0.6) is 0 Å². The van der Waals surface area contributed by atoms with E-state index in [2.05, 4.69) is 26.1 Å². The van der Waals surface area contributed by atoms with Crippen LogP contribution in [0.3, 0.4) is 0 Å². The van der Waals surface area contributed by atoms with Crippen molar-refractivity contribution in [3.63, 3.8) is 0 Å². The molecule has 2 aromatic rings. The summed E-state index contributed by atoms with van der Waals surface area (Å²) in [5.41, 5.74) is 0.0713. The minimum absolute atomic E-state index is 0.0285. The predicted molar refractivity (Wildman–Crippen MR) is 153 cm³/mol. The zero-order valence-corrected chi connectivity index (χ0v) is 24.5. The van der Waals surface area contributed by atoms with Crippen molar-refractivity contribution in [3.8, 4) is 0 Å². The highest BCUT2D eigenvalue weighted by atomic mass is 16.5. The third-order valence-electron chi connectivity index (χ3n) is 8.18. The number of esters is 1. The average Bonchev–Trinajstić information content (AvgIpc) is 2.92. The van der Waals surface area contributed by atoms with Gasteiger partial charge in [-0.05, 0) is 47.6 Å². The molecule has 1 saturated heterocycles. The Morgan fingerprint density at radius 2 is 1.85 bits per heavy atom. The minimum Gasteiger partial charge on any atom is -0.468 e. The summed E-state index contributed by atoms with van der Waals surface area (Å²) < 4.78 is 16.9. The highest BCUT2D eigenvalue weighted by molar-refractivity contribution is 5.93. The molecule has 0 spiro atoms. The van der Waals surface area contributed by atoms with Crippen molar-refractivity contribution >= 4 is 28.6 Å². The molecule has 0 radical (unpaired) electrons. The van der Waals surface area contributed by atoms with Gasteiger partial charge in [-0.25, -0.2) is 0 Å². The fourth-order valence-corrected chi connectivity index (χ4v) is 5.95. The molecule has 0 saturated carbocycles. The Morgan fingerprint density at radius 1 is 1.12 bits per heavy atom. The van der Waals surface area contributed by atoms with Crippen LogP contribution in [0.2, 0.25) is 0 Å². The first-order valence-electron chi connectivity index (χ1n) is 14.0. The van der Waals surface area contributed by atoms with E-state index in [1.807, 2.05) is 55.5 Å². The van der Waals surface area contributed by atoms with Gasteiger partial charge in [0.2, 0.25) is 11.8 Å². The van der Waals surface area contributed by atoms with Crippen LogP contribution in [0, 0.1) is 16.7 Å². The molecule has 2 amide bonds. The van der Waals surface area contributed by atoms with Gasteiger partial charge in [0, 0.05) is 38.3 Å². The molecule has 1 fully saturated rings. The molecule has 2 heterocycles. The SMILES string of the molecule is COCCCNC(=O)C[C@H]1C[C@@]2(C(=O)OC)C(=C[C@H](C(C)(C)C)O[C@@H]2C)N(Cc2cccc3ccccc23)C1=O. The molecule has 0 aromatic heterocycles. The first-order chi connectivity index (χ1) is 19.0. The number of fused-ring (bicyclic) bond motifs is 2. The largest absolute Gasteiger partial charge is 0.468 e. The topological polar surface area (TPSA) is 94.2 Å². The monoisotopic (exact) mass is 550 g/mol. The van der Waals surface area contributed by atoms with Crippen LogP contribution >= 0.6 is 0 Å². The Balaban J connectivity index is 1.79. The van der Waals surface area contributed by atoms with Gasteiger partial charge >= 0.3 is 5.97 Å². The summed E-state index contributed by atoms with van der Waals surface area (Å²) in [4.78, 5) is 42.6. The summed E-state index contributed by atoms with van der Waals surface area (Å²) in [6, 6.07) is 14.1. The number of amides is 2. The number of methoxy groups -OCH3 is 2. The van der Waals surface area contributed by atoms with Crippen LogP contribution in [0.1, 0.15) is 52.5 Å². The first kappa shape index (κ1) is 29.7. The lowest BCUT2D eigenvalue weighted by Crippen LogP contribution is -2.61. The molecule has 2 aromatic carbocycles. The van der Waals surface area contributed by atoms with Gasteiger partial charge in [-0.3, -0.25) is 14.4 Å². The number of benzene rings is 2. The first-order valence-corrected chi connectivity index (χ1v) is 14.0. The van der Waals surface area contributed by atoms with Gasteiger partial charge in [0.15, 0.2) is 0 Å². The number of rotatable bonds is 9. The number of carbonyl (C=O) groups excluding carboxylic acids is 3. The number of likely N-dealkylation sites (tertiary alicyclic amines) is 1. The number of nitrogens with zero attached hydrogens (tertiary/aromatic N) is 1. The lowest BCUT2D eigenvalue weighted by atomic mass is 9.65. The second kappa shape index (κ2) is 12.1. The van der Waals surface area contributed by atoms with Gasteiger partial charge in [-0.15, -0.1) is 0 Å². The second-order valence-electron chi connectivity index (χ2n) is 11.9. The Morgan fingerprint density at radius 3 is 2.55 bits per heavy atom. The molecule has 1 N–H and O–H groups in total. The molecule has 8 heteroatoms. The van der Waals surface area contributed by atoms with E-state index in [1.54, 1.807) is 12.0 Å². The summed E-state index contributed by atoms with van der Waals surface area (Å²) in [6.45, 7) is 9.34. The van der Waals surface area contributed by atoms with Crippen molar-refractivity contribution in [2.24, 2.45) is 16.7 Å². The summed E-state index contributed by atoms with van der Waals surface area (Å²) in [7, 11) is 2.97. The summed E-state index contributed by atoms with van der Waals surface area (Å²) in [5.74, 6) is -1.58. The number of ether oxygens (including phenoxy) is 3. The predicted octanol–water partition coefficient (Wildman–Crippen LogP) is 4.61. The number of piperidine rings is 1. The van der Waals surface area contributed by atoms with Crippen molar-refractivity contribution in [2.75, 3.05) is 27.4 Å². The van der Waals surface area contributed by atoms with Crippen LogP contribution in [0.25, 0.3) is 10.8 Å². The van der Waals surface area contributed by atoms with Crippen LogP contribution in [-0.2, 0) is 35.1 Å². The summed E-state index contributed by atoms with van der Waals surface area (Å²) >= 11 is 0. The minimum atomic E-state index is -1.23. The molecule has 2 aliphatic rings. The van der Waals surface area contributed by atoms with E-state index in [9.17, 15) is 14.4 Å². The fraction of sp³-hybridized carbons (Fsp3) is 0.531. The van der Waals surface area contributed by atoms with E-state index in [0.717, 1.165) is 16.3 Å². The summed E-state index contributed by atoms with van der Waals surface area (Å²) in [6.07, 6.45) is 1.82. The van der Waals surface area contributed by atoms with E-state index in [-0.39, 0.29) is 42.7 Å². The van der Waals surface area contributed by atoms with Gasteiger partial charge in [0.1, 0.15) is 5.41 Å². The van der Waals surface area contributed by atoms with E-state index < -0.39 is 23.4 Å². The zero-order chi connectivity index (χ0) is 29.1. The van der Waals surface area contributed by atoms with E-state index in [0.29, 0.717) is 25.3 Å². The van der Waals surface area contributed by atoms with Crippen molar-refractivity contribution in [1.29, 1.82) is 0 Å². The molecule has 40 heavy (non-hydrogen) atoms. The van der Waals surface area contributed by atoms with Crippen molar-refractivity contribution in [1.82, 2.24) is 10.2 Å². The zero-order valence-electron chi connectivity index (χ0n) is 24.5. The fourth-order valence-electron chi connectivity index (χ4n) is 5.95. The Bertz CT molecular complexity index is 1280. The number of carbonyl (C=O) groups is 3. The normalized spacial score (nSPS) is 24.9. The van der Waals surface area contributed by atoms with Crippen molar-refractivity contribution < 1.29 is 28.6 Å². The molecule has 4 rings (SSSR count). The van der Waals surface area contributed by atoms with Gasteiger partial charge < -0.3 is 24.4 Å². The third kappa shape index (κ3) is 5.79. The van der Waals surface area contributed by atoms with Gasteiger partial charge in [-0.2, -0.15) is 0 Å². The van der Waals surface area contributed by atoms with E-state index in [4.69, 9.17) is 14.2 Å². The molecule has 4 atom stereocenters. The molecular weight excluding hydrogens is 508 g/mol. The van der Waals surface area contributed by atoms with E-state index >= 15 is 0 Å². The maximum atomic E-state index is 14.2. The molecule has 8 nitrogen and oxygen atoms in total. The molecule has 0 unspecified atom stereocenters. The lowest BCUT2D eigenvalue weighted by molar-refractivity contribution is -0.180. The maximum absolute atomic E-state index is 14.2. The Labute approximate surface area is 237 Å². The third-order valence-corrected chi connectivity index (χ3v) is 8.18. The number of hydrogen-bond acceptors (Lipinski definition) is 6. The lowest BCUT2D eigenvalue weighted by Gasteiger charge is -2.53. The smallest absolute Gasteiger partial charge is 0.320 e. The molecular formula is C32H42N2O6. The van der Waals surface area contributed by atoms with Gasteiger partial charge in [0.05, 0.1) is 25.9 Å². The quantitative estimate of drug-likeness (QED) is 0.362. The Hall–Kier alpha value is -3.23. The van der Waals surface area contributed by atoms with Crippen molar-refractivity contribution in [3.05, 3.63) is 59.8 Å². The maximum Gasteiger partial charge on any atom is 0.320 e. The van der Waals surface area contributed by atoms with Crippen LogP contribution in [0.15, 0.2) is 54.2 Å². The van der Waals surface area contributed by atoms with Crippen molar-refractivity contribution in [2.45, 2.75) is 65.7 Å². The molecule has 216 valence electrons. The van der Waals surface area contributed by atoms with Crippen LogP contribution in [0.4, 0.5) is 0 Å². The second-order valence-corrected chi connectivity index (χ2v) is 11.9. The van der Waals surface area contributed by atoms with E-state index in [1.165, 1.54) is 7.11 Å². The molecule has 2 aliphatic heterocycles. The number of hydrogen-bond donors (Lipinski definition) is 1. The van der Waals surface area contributed by atoms with Crippen LogP contribution in [-0.4, -0.2) is 62.3 Å². The highest BCUT2D eigenvalue weighted by Crippen LogP contribution is 2.52. The molecule has 0 aliphatic carbocycles. The molecule has 0 bridgehead atoms. The number of nitrogens with one attached hydrogen (secondary N) is 1. The van der Waals surface area contributed by atoms with Crippen LogP contribution < -0.4 is 5.32 Å². The standard InChI is InChI=1S/C32H42N2O6/c1-21-32(30(37)39-6)19-24(17-28(35)33-15-10-16-38-5)29(36)34(26(32)18-27(40-21)31(2,3)4)20-23-13-9-12-22-11-7-8-14-25(22)23/h7-9,11-14,18,21,24,27H,10,15-17,19-20H2,1-6H3,(H,33,35)/t21-,24+,27-,32+/m1/s1.